The number of urea groups is 1. The van der Waals surface area contributed by atoms with Gasteiger partial charge in [-0.2, -0.15) is 18.7 Å². The minimum absolute atomic E-state index is 0.0981. The zero-order chi connectivity index (χ0) is 23.0. The van der Waals surface area contributed by atoms with Crippen LogP contribution in [0.5, 0.6) is 0 Å². The van der Waals surface area contributed by atoms with Crippen molar-refractivity contribution in [3.8, 4) is 0 Å². The summed E-state index contributed by atoms with van der Waals surface area (Å²) in [5.41, 5.74) is 7.03. The second-order valence-electron chi connectivity index (χ2n) is 5.47. The van der Waals surface area contributed by atoms with Crippen molar-refractivity contribution in [2.45, 2.75) is 64.7 Å². The van der Waals surface area contributed by atoms with Crippen molar-refractivity contribution in [2.75, 3.05) is 0 Å². The maximum absolute atomic E-state index is 11.5. The van der Waals surface area contributed by atoms with Crippen LogP contribution in [0.4, 0.5) is 18.0 Å². The number of alkyl halides is 3. The van der Waals surface area contributed by atoms with E-state index in [2.05, 4.69) is 15.5 Å². The molecule has 0 aliphatic heterocycles. The van der Waals surface area contributed by atoms with Crippen LogP contribution >= 0.6 is 0 Å². The number of primary amides is 1. The quantitative estimate of drug-likeness (QED) is 0.264. The Morgan fingerprint density at radius 3 is 1.86 bits per heavy atom. The van der Waals surface area contributed by atoms with Gasteiger partial charge in [-0.25, -0.2) is 14.4 Å². The van der Waals surface area contributed by atoms with Crippen LogP contribution in [0.2, 0.25) is 0 Å². The van der Waals surface area contributed by atoms with Gasteiger partial charge in [0.05, 0.1) is 6.42 Å². The van der Waals surface area contributed by atoms with Crippen molar-refractivity contribution in [2.24, 2.45) is 5.73 Å². The number of carboxylic acids is 1. The number of carbonyl (C=O) groups is 5. The van der Waals surface area contributed by atoms with Gasteiger partial charge in [0.1, 0.15) is 6.17 Å². The Bertz CT molecular complexity index is 571. The molecule has 168 valence electrons. The summed E-state index contributed by atoms with van der Waals surface area (Å²) in [5.74, 6) is -4.08. The van der Waals surface area contributed by atoms with Gasteiger partial charge in [0.2, 0.25) is 5.91 Å². The molecule has 4 amide bonds. The summed E-state index contributed by atoms with van der Waals surface area (Å²) in [6, 6.07) is -0.814. The summed E-state index contributed by atoms with van der Waals surface area (Å²) in [4.78, 5) is 58.4. The zero-order valence-corrected chi connectivity index (χ0v) is 15.9. The van der Waals surface area contributed by atoms with Crippen LogP contribution in [0.3, 0.4) is 0 Å². The first-order valence-electron chi connectivity index (χ1n) is 8.47. The molecular weight excluding hydrogens is 405 g/mol. The number of rotatable bonds is 9. The molecule has 0 aliphatic rings. The number of carbonyl (C=O) groups excluding carboxylic acids is 4. The number of halogens is 3. The maximum atomic E-state index is 11.5. The third-order valence-electron chi connectivity index (χ3n) is 2.76. The Hall–Kier alpha value is -3.06. The fourth-order valence-corrected chi connectivity index (χ4v) is 1.55. The van der Waals surface area contributed by atoms with E-state index < -0.39 is 30.3 Å². The van der Waals surface area contributed by atoms with Gasteiger partial charge < -0.3 is 26.3 Å². The van der Waals surface area contributed by atoms with Gasteiger partial charge in [-0.1, -0.05) is 13.8 Å². The van der Waals surface area contributed by atoms with Crippen LogP contribution in [0, 0.1) is 0 Å². The lowest BCUT2D eigenvalue weighted by Crippen LogP contribution is -2.50. The van der Waals surface area contributed by atoms with Gasteiger partial charge in [-0.15, -0.1) is 0 Å². The molecule has 0 saturated carbocycles. The fraction of sp³-hybridized carbons (Fsp3) is 0.667. The number of nitrogens with two attached hydrogens (primary N) is 1. The number of hydrogen-bond acceptors (Lipinski definition) is 6. The van der Waals surface area contributed by atoms with Crippen molar-refractivity contribution in [3.05, 3.63) is 0 Å². The highest BCUT2D eigenvalue weighted by Crippen LogP contribution is 2.13. The normalized spacial score (nSPS) is 11.2. The number of carboxylic acid groups (broad SMARTS) is 1. The molecule has 0 radical (unpaired) electrons. The minimum atomic E-state index is -5.08. The van der Waals surface area contributed by atoms with Gasteiger partial charge in [0.25, 0.3) is 5.91 Å². The minimum Gasteiger partial charge on any atom is -0.475 e. The second-order valence-corrected chi connectivity index (χ2v) is 5.47. The first kappa shape index (κ1) is 28.2. The Morgan fingerprint density at radius 2 is 1.45 bits per heavy atom. The SMILES string of the molecule is CCCC(=O)NOC(=O)CCC(NC(N)=O)NC(=O)CCC.O=C(O)C(F)(F)F. The molecule has 1 atom stereocenters. The number of amides is 4. The maximum Gasteiger partial charge on any atom is 0.490 e. The standard InChI is InChI=1S/C13H24N4O5.C2HF3O2/c1-3-5-10(18)15-9(16-13(14)21)7-8-12(20)22-17-11(19)6-4-2;3-2(4,5)1(6)7/h9H,3-8H2,1-2H3,(H,15,18)(H,17,19)(H3,14,16,21);(H,6,7). The largest absolute Gasteiger partial charge is 0.490 e. The molecule has 1 unspecified atom stereocenters. The molecule has 0 heterocycles. The number of hydrogen-bond donors (Lipinski definition) is 5. The number of aliphatic carboxylic acids is 1. The monoisotopic (exact) mass is 430 g/mol. The molecule has 0 spiro atoms. The highest BCUT2D eigenvalue weighted by Gasteiger charge is 2.38. The molecule has 0 aliphatic carbocycles. The molecule has 29 heavy (non-hydrogen) atoms. The fourth-order valence-electron chi connectivity index (χ4n) is 1.55. The van der Waals surface area contributed by atoms with E-state index in [1.807, 2.05) is 19.3 Å². The number of nitrogens with one attached hydrogen (secondary N) is 3. The molecule has 11 nitrogen and oxygen atoms in total. The summed E-state index contributed by atoms with van der Waals surface area (Å²) in [6.45, 7) is 3.66. The average Bonchev–Trinajstić information content (AvgIpc) is 2.57. The molecular formula is C15H25F3N4O7. The third kappa shape index (κ3) is 18.1. The molecule has 0 rings (SSSR count). The molecule has 0 aromatic heterocycles. The van der Waals surface area contributed by atoms with E-state index >= 15 is 0 Å². The van der Waals surface area contributed by atoms with E-state index in [0.29, 0.717) is 19.3 Å². The lowest BCUT2D eigenvalue weighted by molar-refractivity contribution is -0.192. The molecule has 0 bridgehead atoms. The predicted molar refractivity (Wildman–Crippen MR) is 91.6 cm³/mol. The van der Waals surface area contributed by atoms with Crippen LogP contribution < -0.4 is 21.8 Å². The van der Waals surface area contributed by atoms with E-state index in [0.717, 1.165) is 0 Å². The Morgan fingerprint density at radius 1 is 0.966 bits per heavy atom. The van der Waals surface area contributed by atoms with Crippen LogP contribution in [0.15, 0.2) is 0 Å². The van der Waals surface area contributed by atoms with E-state index in [1.54, 1.807) is 0 Å². The van der Waals surface area contributed by atoms with E-state index in [1.165, 1.54) is 0 Å². The van der Waals surface area contributed by atoms with Gasteiger partial charge in [-0.05, 0) is 19.3 Å². The predicted octanol–water partition coefficient (Wildman–Crippen LogP) is 0.685. The summed E-state index contributed by atoms with van der Waals surface area (Å²) in [5, 5.41) is 12.0. The van der Waals surface area contributed by atoms with Crippen molar-refractivity contribution in [1.29, 1.82) is 0 Å². The van der Waals surface area contributed by atoms with Crippen molar-refractivity contribution < 1.29 is 47.1 Å². The Balaban J connectivity index is 0. The third-order valence-corrected chi connectivity index (χ3v) is 2.76. The van der Waals surface area contributed by atoms with Gasteiger partial charge >= 0.3 is 24.1 Å². The van der Waals surface area contributed by atoms with Crippen LogP contribution in [0.25, 0.3) is 0 Å². The molecule has 0 aromatic carbocycles. The van der Waals surface area contributed by atoms with Crippen LogP contribution in [-0.2, 0) is 24.0 Å². The lowest BCUT2D eigenvalue weighted by Gasteiger charge is -2.18. The smallest absolute Gasteiger partial charge is 0.475 e. The summed E-state index contributed by atoms with van der Waals surface area (Å²) in [6.07, 6.45) is -4.01. The highest BCUT2D eigenvalue weighted by atomic mass is 19.4. The molecule has 0 fully saturated rings. The molecule has 6 N–H and O–H groups in total. The van der Waals surface area contributed by atoms with Crippen molar-refractivity contribution in [3.63, 3.8) is 0 Å². The summed E-state index contributed by atoms with van der Waals surface area (Å²) in [7, 11) is 0. The van der Waals surface area contributed by atoms with Crippen molar-refractivity contribution >= 4 is 29.8 Å². The van der Waals surface area contributed by atoms with Gasteiger partial charge in [0, 0.05) is 12.8 Å². The average molecular weight is 430 g/mol. The van der Waals surface area contributed by atoms with Crippen molar-refractivity contribution in [1.82, 2.24) is 16.1 Å². The Kier molecular flexibility index (Phi) is 14.5. The zero-order valence-electron chi connectivity index (χ0n) is 15.9. The first-order chi connectivity index (χ1) is 13.3. The van der Waals surface area contributed by atoms with E-state index in [4.69, 9.17) is 15.6 Å². The van der Waals surface area contributed by atoms with Gasteiger partial charge in [-0.3, -0.25) is 9.59 Å². The summed E-state index contributed by atoms with van der Waals surface area (Å²) < 4.78 is 31.7. The highest BCUT2D eigenvalue weighted by molar-refractivity contribution is 5.79. The lowest BCUT2D eigenvalue weighted by atomic mass is 10.2. The first-order valence-corrected chi connectivity index (χ1v) is 8.47. The molecule has 14 heteroatoms. The molecule has 0 aromatic rings. The van der Waals surface area contributed by atoms with E-state index in [9.17, 15) is 32.3 Å². The second kappa shape index (κ2) is 14.9. The molecule has 0 saturated heterocycles. The van der Waals surface area contributed by atoms with Crippen LogP contribution in [-0.4, -0.2) is 47.2 Å². The number of hydroxylamine groups is 1. The van der Waals surface area contributed by atoms with Gasteiger partial charge in [0.15, 0.2) is 0 Å². The van der Waals surface area contributed by atoms with Crippen LogP contribution in [0.1, 0.15) is 52.4 Å². The Labute approximate surface area is 164 Å². The summed E-state index contributed by atoms with van der Waals surface area (Å²) >= 11 is 0. The van der Waals surface area contributed by atoms with E-state index in [-0.39, 0.29) is 31.1 Å². The topological polar surface area (TPSA) is 177 Å².